The van der Waals surface area contributed by atoms with Crippen LogP contribution in [-0.4, -0.2) is 11.6 Å². The van der Waals surface area contributed by atoms with Gasteiger partial charge in [-0.15, -0.1) is 0 Å². The first kappa shape index (κ1) is 16.3. The molecule has 0 unspecified atom stereocenters. The molecule has 1 radical (unpaired) electrons. The van der Waals surface area contributed by atoms with Gasteiger partial charge in [-0.25, -0.2) is 0 Å². The monoisotopic (exact) mass is 247 g/mol. The molecule has 0 saturated carbocycles. The van der Waals surface area contributed by atoms with Gasteiger partial charge >= 0.3 is 17.1 Å². The molecule has 85 valence electrons. The summed E-state index contributed by atoms with van der Waals surface area (Å²) in [6, 6.07) is 0. The normalized spacial score (nSPS) is 9.29. The molecule has 0 aromatic carbocycles. The van der Waals surface area contributed by atoms with Crippen LogP contribution in [0.5, 0.6) is 0 Å². The Morgan fingerprint density at radius 3 is 2.07 bits per heavy atom. The second-order valence-corrected chi connectivity index (χ2v) is 3.58. The number of hydrogen-bond acceptors (Lipinski definition) is 2. The van der Waals surface area contributed by atoms with E-state index < -0.39 is 0 Å². The minimum absolute atomic E-state index is 0. The minimum atomic E-state index is -0.0152. The van der Waals surface area contributed by atoms with E-state index in [0.29, 0.717) is 6.42 Å². The molecule has 0 aromatic rings. The van der Waals surface area contributed by atoms with Gasteiger partial charge in [0.1, 0.15) is 11.6 Å². The van der Waals surface area contributed by atoms with E-state index in [1.54, 1.807) is 0 Å². The molecule has 0 rings (SSSR count). The maximum absolute atomic E-state index is 11.1. The van der Waals surface area contributed by atoms with Crippen molar-refractivity contribution in [3.05, 3.63) is 0 Å². The van der Waals surface area contributed by atoms with Crippen LogP contribution in [0.15, 0.2) is 0 Å². The maximum atomic E-state index is 11.1. The predicted molar refractivity (Wildman–Crippen MR) is 53.7 cm³/mol. The Kier molecular flexibility index (Phi) is 12.7. The van der Waals surface area contributed by atoms with Crippen LogP contribution in [0, 0.1) is 0 Å². The molecule has 0 heterocycles. The van der Waals surface area contributed by atoms with Crippen LogP contribution in [0.2, 0.25) is 0 Å². The summed E-state index contributed by atoms with van der Waals surface area (Å²) < 4.78 is 0. The van der Waals surface area contributed by atoms with E-state index in [9.17, 15) is 9.59 Å². The van der Waals surface area contributed by atoms with Crippen LogP contribution >= 0.6 is 0 Å². The molecular formula is C11H20CuO2+2. The zero-order valence-electron chi connectivity index (χ0n) is 9.07. The Bertz CT molecular complexity index is 167. The summed E-state index contributed by atoms with van der Waals surface area (Å²) >= 11 is 0. The summed E-state index contributed by atoms with van der Waals surface area (Å²) in [5.41, 5.74) is 0. The van der Waals surface area contributed by atoms with E-state index in [1.165, 1.54) is 26.2 Å². The number of carbonyl (C=O) groups excluding carboxylic acids is 2. The summed E-state index contributed by atoms with van der Waals surface area (Å²) in [6.07, 6.45) is 6.48. The van der Waals surface area contributed by atoms with Crippen LogP contribution < -0.4 is 0 Å². The van der Waals surface area contributed by atoms with Gasteiger partial charge in [-0.1, -0.05) is 32.6 Å². The molecule has 0 aliphatic heterocycles. The van der Waals surface area contributed by atoms with Crippen molar-refractivity contribution in [1.29, 1.82) is 0 Å². The predicted octanol–water partition coefficient (Wildman–Crippen LogP) is 2.89. The topological polar surface area (TPSA) is 34.1 Å². The largest absolute Gasteiger partial charge is 2.00 e. The molecule has 0 saturated heterocycles. The molecular weight excluding hydrogens is 228 g/mol. The Balaban J connectivity index is 0. The second-order valence-electron chi connectivity index (χ2n) is 3.58. The van der Waals surface area contributed by atoms with Crippen molar-refractivity contribution in [2.45, 2.75) is 58.8 Å². The summed E-state index contributed by atoms with van der Waals surface area (Å²) in [4.78, 5) is 21.6. The number of hydrogen-bond donors (Lipinski definition) is 0. The van der Waals surface area contributed by atoms with Crippen LogP contribution in [-0.2, 0) is 26.7 Å². The molecule has 14 heavy (non-hydrogen) atoms. The SMILES string of the molecule is CCCCCCCC(=O)CC(C)=O.[Cu+2]. The van der Waals surface area contributed by atoms with Crippen LogP contribution in [0.4, 0.5) is 0 Å². The average molecular weight is 248 g/mol. The molecule has 0 atom stereocenters. The Morgan fingerprint density at radius 2 is 1.57 bits per heavy atom. The van der Waals surface area contributed by atoms with Crippen LogP contribution in [0.3, 0.4) is 0 Å². The smallest absolute Gasteiger partial charge is 0.300 e. The number of carbonyl (C=O) groups is 2. The molecule has 0 aliphatic carbocycles. The maximum Gasteiger partial charge on any atom is 2.00 e. The number of rotatable bonds is 8. The van der Waals surface area contributed by atoms with Crippen molar-refractivity contribution in [1.82, 2.24) is 0 Å². The van der Waals surface area contributed by atoms with Gasteiger partial charge in [-0.2, -0.15) is 0 Å². The zero-order chi connectivity index (χ0) is 10.1. The molecule has 2 nitrogen and oxygen atoms in total. The number of ketones is 2. The van der Waals surface area contributed by atoms with Gasteiger partial charge in [-0.3, -0.25) is 9.59 Å². The molecule has 0 N–H and O–H groups in total. The molecule has 0 fully saturated rings. The third-order valence-electron chi connectivity index (χ3n) is 2.01. The van der Waals surface area contributed by atoms with Crippen molar-refractivity contribution in [2.75, 3.05) is 0 Å². The van der Waals surface area contributed by atoms with Crippen LogP contribution in [0.25, 0.3) is 0 Å². The first-order chi connectivity index (χ1) is 6.16. The fourth-order valence-electron chi connectivity index (χ4n) is 1.29. The third kappa shape index (κ3) is 11.9. The van der Waals surface area contributed by atoms with Crippen molar-refractivity contribution < 1.29 is 26.7 Å². The molecule has 0 bridgehead atoms. The molecule has 0 spiro atoms. The minimum Gasteiger partial charge on any atom is -0.300 e. The standard InChI is InChI=1S/C11H20O2.Cu/c1-3-4-5-6-7-8-11(13)9-10(2)12;/h3-9H2,1-2H3;/q;+2. The van der Waals surface area contributed by atoms with E-state index in [0.717, 1.165) is 12.8 Å². The molecule has 0 aromatic heterocycles. The van der Waals surface area contributed by atoms with Crippen LogP contribution in [0.1, 0.15) is 58.8 Å². The van der Waals surface area contributed by atoms with E-state index in [4.69, 9.17) is 0 Å². The average Bonchev–Trinajstić information content (AvgIpc) is 2.02. The summed E-state index contributed by atoms with van der Waals surface area (Å²) in [6.45, 7) is 3.63. The summed E-state index contributed by atoms with van der Waals surface area (Å²) in [7, 11) is 0. The summed E-state index contributed by atoms with van der Waals surface area (Å²) in [5.74, 6) is 0.0857. The van der Waals surface area contributed by atoms with Gasteiger partial charge in [0.15, 0.2) is 0 Å². The van der Waals surface area contributed by atoms with Crippen molar-refractivity contribution in [2.24, 2.45) is 0 Å². The second kappa shape index (κ2) is 10.9. The van der Waals surface area contributed by atoms with Gasteiger partial charge in [0.2, 0.25) is 0 Å². The van der Waals surface area contributed by atoms with Gasteiger partial charge < -0.3 is 0 Å². The molecule has 0 aliphatic rings. The number of Topliss-reactive ketones (excluding diaryl/α,β-unsaturated/α-hetero) is 2. The number of unbranched alkanes of at least 4 members (excludes halogenated alkanes) is 4. The third-order valence-corrected chi connectivity index (χ3v) is 2.01. The van der Waals surface area contributed by atoms with Crippen molar-refractivity contribution in [3.63, 3.8) is 0 Å². The molecule has 3 heteroatoms. The van der Waals surface area contributed by atoms with Gasteiger partial charge in [0.05, 0.1) is 6.42 Å². The quantitative estimate of drug-likeness (QED) is 0.376. The fourth-order valence-corrected chi connectivity index (χ4v) is 1.29. The van der Waals surface area contributed by atoms with Crippen molar-refractivity contribution in [3.8, 4) is 0 Å². The van der Waals surface area contributed by atoms with Gasteiger partial charge in [0.25, 0.3) is 0 Å². The molecule has 0 amide bonds. The van der Waals surface area contributed by atoms with Crippen molar-refractivity contribution >= 4 is 11.6 Å². The van der Waals surface area contributed by atoms with E-state index in [-0.39, 0.29) is 35.1 Å². The zero-order valence-corrected chi connectivity index (χ0v) is 10.0. The van der Waals surface area contributed by atoms with E-state index >= 15 is 0 Å². The van der Waals surface area contributed by atoms with E-state index in [2.05, 4.69) is 6.92 Å². The van der Waals surface area contributed by atoms with Gasteiger partial charge in [-0.05, 0) is 13.3 Å². The summed E-state index contributed by atoms with van der Waals surface area (Å²) in [5, 5.41) is 0. The van der Waals surface area contributed by atoms with E-state index in [1.807, 2.05) is 0 Å². The van der Waals surface area contributed by atoms with Gasteiger partial charge in [0, 0.05) is 6.42 Å². The Morgan fingerprint density at radius 1 is 1.00 bits per heavy atom. The first-order valence-electron chi connectivity index (χ1n) is 5.18. The Labute approximate surface area is 97.3 Å². The Hall–Kier alpha value is -0.141. The first-order valence-corrected chi connectivity index (χ1v) is 5.18. The fraction of sp³-hybridized carbons (Fsp3) is 0.818.